The molecule has 0 aromatic heterocycles. The van der Waals surface area contributed by atoms with Gasteiger partial charge in [-0.1, -0.05) is 36.4 Å². The topological polar surface area (TPSA) is 23.8 Å². The molecule has 2 aromatic carbocycles. The molecule has 2 aromatic rings. The second-order valence-corrected chi connectivity index (χ2v) is 4.69. The van der Waals surface area contributed by atoms with Crippen LogP contribution in [0.25, 0.3) is 14.4 Å². The summed E-state index contributed by atoms with van der Waals surface area (Å²) in [4.78, 5) is 0. The smallest absolute Gasteiger partial charge is 0.0955 e. The Labute approximate surface area is 109 Å². The molecule has 0 fully saturated rings. The molecular formula is C14H10IN. The van der Waals surface area contributed by atoms with Crippen LogP contribution in [0.5, 0.6) is 0 Å². The zero-order valence-electron chi connectivity index (χ0n) is 8.87. The summed E-state index contributed by atoms with van der Waals surface area (Å²) in [7, 11) is 0. The lowest BCUT2D eigenvalue weighted by molar-refractivity contribution is 1.46. The number of nitriles is 1. The molecule has 0 saturated heterocycles. The van der Waals surface area contributed by atoms with Crippen LogP contribution in [0.15, 0.2) is 48.0 Å². The van der Waals surface area contributed by atoms with Crippen molar-refractivity contribution in [1.82, 2.24) is 0 Å². The number of hydrogen-bond donors (Lipinski definition) is 0. The lowest BCUT2D eigenvalue weighted by Gasteiger charge is -2.03. The Kier molecular flexibility index (Phi) is 3.25. The summed E-state index contributed by atoms with van der Waals surface area (Å²) >= 11 is 2.22. The van der Waals surface area contributed by atoms with Crippen LogP contribution in [0.3, 0.4) is 0 Å². The standard InChI is InChI=1S/C14H10IN/c1-10(9-16)14(15)13-7-6-11-4-2-3-5-12(11)8-13/h2-8H,1H3/b14-10+. The van der Waals surface area contributed by atoms with Crippen molar-refractivity contribution < 1.29 is 0 Å². The summed E-state index contributed by atoms with van der Waals surface area (Å²) < 4.78 is 1.02. The van der Waals surface area contributed by atoms with E-state index in [1.54, 1.807) is 0 Å². The molecule has 0 bridgehead atoms. The maximum atomic E-state index is 8.87. The molecule has 0 spiro atoms. The van der Waals surface area contributed by atoms with Crippen LogP contribution in [0.2, 0.25) is 0 Å². The zero-order chi connectivity index (χ0) is 11.5. The fourth-order valence-electron chi connectivity index (χ4n) is 1.59. The van der Waals surface area contributed by atoms with E-state index in [4.69, 9.17) is 5.26 Å². The minimum Gasteiger partial charge on any atom is -0.193 e. The molecule has 78 valence electrons. The first-order valence-electron chi connectivity index (χ1n) is 4.98. The van der Waals surface area contributed by atoms with Crippen LogP contribution in [-0.2, 0) is 0 Å². The first-order valence-corrected chi connectivity index (χ1v) is 6.06. The van der Waals surface area contributed by atoms with Crippen LogP contribution in [0.4, 0.5) is 0 Å². The molecule has 0 aliphatic rings. The van der Waals surface area contributed by atoms with Gasteiger partial charge >= 0.3 is 0 Å². The number of nitrogens with zero attached hydrogens (tertiary/aromatic N) is 1. The minimum atomic E-state index is 0.760. The average molecular weight is 319 g/mol. The van der Waals surface area contributed by atoms with Gasteiger partial charge in [0.25, 0.3) is 0 Å². The normalized spacial score (nSPS) is 12.1. The minimum absolute atomic E-state index is 0.760. The van der Waals surface area contributed by atoms with E-state index in [0.29, 0.717) is 0 Å². The Morgan fingerprint density at radius 2 is 1.81 bits per heavy atom. The van der Waals surface area contributed by atoms with Crippen molar-refractivity contribution in [2.45, 2.75) is 6.92 Å². The first-order chi connectivity index (χ1) is 7.72. The van der Waals surface area contributed by atoms with Gasteiger partial charge in [-0.3, -0.25) is 0 Å². The fourth-order valence-corrected chi connectivity index (χ4v) is 2.05. The van der Waals surface area contributed by atoms with Crippen molar-refractivity contribution in [2.75, 3.05) is 0 Å². The van der Waals surface area contributed by atoms with Gasteiger partial charge in [0.05, 0.1) is 6.07 Å². The first kappa shape index (κ1) is 11.2. The molecule has 0 radical (unpaired) electrons. The van der Waals surface area contributed by atoms with Gasteiger partial charge in [0.15, 0.2) is 0 Å². The molecule has 0 aliphatic heterocycles. The highest BCUT2D eigenvalue weighted by atomic mass is 127. The summed E-state index contributed by atoms with van der Waals surface area (Å²) in [5.41, 5.74) is 1.87. The third-order valence-electron chi connectivity index (χ3n) is 2.50. The second-order valence-electron chi connectivity index (χ2n) is 3.61. The Balaban J connectivity index is 2.61. The quantitative estimate of drug-likeness (QED) is 0.560. The van der Waals surface area contributed by atoms with E-state index in [2.05, 4.69) is 59.0 Å². The number of halogens is 1. The molecule has 0 atom stereocenters. The number of hydrogen-bond acceptors (Lipinski definition) is 1. The third-order valence-corrected chi connectivity index (χ3v) is 3.93. The average Bonchev–Trinajstić information content (AvgIpc) is 2.36. The molecule has 2 rings (SSSR count). The Bertz CT molecular complexity index is 605. The molecule has 0 N–H and O–H groups in total. The van der Waals surface area contributed by atoms with Crippen LogP contribution >= 0.6 is 22.6 Å². The number of rotatable bonds is 1. The van der Waals surface area contributed by atoms with E-state index in [0.717, 1.165) is 14.7 Å². The number of allylic oxidation sites excluding steroid dienone is 1. The molecule has 0 heterocycles. The van der Waals surface area contributed by atoms with Crippen molar-refractivity contribution in [3.8, 4) is 6.07 Å². The van der Waals surface area contributed by atoms with E-state index >= 15 is 0 Å². The maximum absolute atomic E-state index is 8.87. The van der Waals surface area contributed by atoms with Gasteiger partial charge in [-0.2, -0.15) is 5.26 Å². The van der Waals surface area contributed by atoms with E-state index < -0.39 is 0 Å². The van der Waals surface area contributed by atoms with E-state index in [9.17, 15) is 0 Å². The van der Waals surface area contributed by atoms with Crippen molar-refractivity contribution >= 4 is 36.9 Å². The highest BCUT2D eigenvalue weighted by Crippen LogP contribution is 2.28. The maximum Gasteiger partial charge on any atom is 0.0955 e. The van der Waals surface area contributed by atoms with Gasteiger partial charge in [0.2, 0.25) is 0 Å². The highest BCUT2D eigenvalue weighted by Gasteiger charge is 2.02. The Morgan fingerprint density at radius 3 is 2.50 bits per heavy atom. The molecule has 0 aliphatic carbocycles. The molecule has 2 heteroatoms. The van der Waals surface area contributed by atoms with E-state index in [1.807, 2.05) is 19.1 Å². The van der Waals surface area contributed by atoms with Crippen LogP contribution in [0.1, 0.15) is 12.5 Å². The SMILES string of the molecule is C/C(C#N)=C(\I)c1ccc2ccccc2c1. The van der Waals surface area contributed by atoms with E-state index in [1.165, 1.54) is 10.8 Å². The van der Waals surface area contributed by atoms with E-state index in [-0.39, 0.29) is 0 Å². The van der Waals surface area contributed by atoms with Gasteiger partial charge in [0.1, 0.15) is 0 Å². The van der Waals surface area contributed by atoms with Gasteiger partial charge in [-0.15, -0.1) is 0 Å². The summed E-state index contributed by atoms with van der Waals surface area (Å²) in [6, 6.07) is 16.7. The molecule has 0 amide bonds. The molecule has 1 nitrogen and oxygen atoms in total. The van der Waals surface area contributed by atoms with Gasteiger partial charge in [0, 0.05) is 9.15 Å². The Hall–Kier alpha value is -1.34. The van der Waals surface area contributed by atoms with Crippen LogP contribution in [-0.4, -0.2) is 0 Å². The predicted octanol–water partition coefficient (Wildman–Crippen LogP) is 4.53. The summed E-state index contributed by atoms with van der Waals surface area (Å²) in [5.74, 6) is 0. The molecule has 0 saturated carbocycles. The van der Waals surface area contributed by atoms with Crippen molar-refractivity contribution in [3.63, 3.8) is 0 Å². The predicted molar refractivity (Wildman–Crippen MR) is 76.2 cm³/mol. The monoisotopic (exact) mass is 319 g/mol. The lowest BCUT2D eigenvalue weighted by Crippen LogP contribution is -1.81. The van der Waals surface area contributed by atoms with Gasteiger partial charge < -0.3 is 0 Å². The number of benzene rings is 2. The lowest BCUT2D eigenvalue weighted by atomic mass is 10.1. The van der Waals surface area contributed by atoms with Crippen LogP contribution in [0, 0.1) is 11.3 Å². The Morgan fingerprint density at radius 1 is 1.12 bits per heavy atom. The van der Waals surface area contributed by atoms with Gasteiger partial charge in [-0.05, 0) is 51.9 Å². The third kappa shape index (κ3) is 2.10. The molecule has 0 unspecified atom stereocenters. The van der Waals surface area contributed by atoms with Crippen LogP contribution < -0.4 is 0 Å². The highest BCUT2D eigenvalue weighted by molar-refractivity contribution is 14.1. The summed E-state index contributed by atoms with van der Waals surface area (Å²) in [5, 5.41) is 11.3. The van der Waals surface area contributed by atoms with Gasteiger partial charge in [-0.25, -0.2) is 0 Å². The second kappa shape index (κ2) is 4.67. The summed E-state index contributed by atoms with van der Waals surface area (Å²) in [6.45, 7) is 1.84. The zero-order valence-corrected chi connectivity index (χ0v) is 11.0. The van der Waals surface area contributed by atoms with Crippen molar-refractivity contribution in [2.24, 2.45) is 0 Å². The largest absolute Gasteiger partial charge is 0.193 e. The van der Waals surface area contributed by atoms with Crippen molar-refractivity contribution in [1.29, 1.82) is 5.26 Å². The van der Waals surface area contributed by atoms with Crippen molar-refractivity contribution in [3.05, 3.63) is 53.6 Å². The molecular weight excluding hydrogens is 309 g/mol. The fraction of sp³-hybridized carbons (Fsp3) is 0.0714. The number of fused-ring (bicyclic) bond motifs is 1. The summed E-state index contributed by atoms with van der Waals surface area (Å²) in [6.07, 6.45) is 0. The molecule has 16 heavy (non-hydrogen) atoms.